The third kappa shape index (κ3) is 6.13. The van der Waals surface area contributed by atoms with Gasteiger partial charge in [-0.3, -0.25) is 14.4 Å². The number of allylic oxidation sites excluding steroid dienone is 3. The molecule has 1 aromatic heterocycles. The number of rotatable bonds is 6. The molecular weight excluding hydrogens is 416 g/mol. The first-order valence-corrected chi connectivity index (χ1v) is 8.49. The van der Waals surface area contributed by atoms with Crippen LogP contribution in [0.3, 0.4) is 0 Å². The second kappa shape index (κ2) is 9.06. The SMILES string of the molecule is C=C/C=C\C(=NCCNC(=O)C(F)(F)F)n1c(C)cc2ccc(OC(F)(F)F)cc21. The van der Waals surface area contributed by atoms with Gasteiger partial charge in [0.25, 0.3) is 0 Å². The monoisotopic (exact) mass is 433 g/mol. The maximum Gasteiger partial charge on any atom is 0.573 e. The summed E-state index contributed by atoms with van der Waals surface area (Å²) in [7, 11) is 0. The van der Waals surface area contributed by atoms with Crippen LogP contribution in [0.5, 0.6) is 5.75 Å². The van der Waals surface area contributed by atoms with Gasteiger partial charge in [-0.1, -0.05) is 18.7 Å². The van der Waals surface area contributed by atoms with E-state index < -0.39 is 24.2 Å². The fraction of sp³-hybridized carbons (Fsp3) is 0.263. The molecule has 0 atom stereocenters. The number of aliphatic imine (C=N–C) groups is 1. The first-order valence-electron chi connectivity index (χ1n) is 8.49. The Morgan fingerprint density at radius 1 is 1.23 bits per heavy atom. The number of nitrogens with one attached hydrogen (secondary N) is 1. The zero-order valence-corrected chi connectivity index (χ0v) is 15.6. The predicted molar refractivity (Wildman–Crippen MR) is 99.5 cm³/mol. The number of fused-ring (bicyclic) bond motifs is 1. The van der Waals surface area contributed by atoms with E-state index in [4.69, 9.17) is 0 Å². The van der Waals surface area contributed by atoms with E-state index in [0.717, 1.165) is 0 Å². The van der Waals surface area contributed by atoms with Crippen molar-refractivity contribution in [3.63, 3.8) is 0 Å². The molecule has 2 rings (SSSR count). The molecule has 162 valence electrons. The third-order valence-electron chi connectivity index (χ3n) is 3.73. The molecule has 0 spiro atoms. The van der Waals surface area contributed by atoms with Crippen LogP contribution in [0.15, 0.2) is 54.1 Å². The summed E-state index contributed by atoms with van der Waals surface area (Å²) in [5, 5.41) is 2.30. The molecule has 0 aliphatic heterocycles. The van der Waals surface area contributed by atoms with Crippen LogP contribution in [0.4, 0.5) is 26.3 Å². The summed E-state index contributed by atoms with van der Waals surface area (Å²) in [5.74, 6) is -2.29. The van der Waals surface area contributed by atoms with Crippen molar-refractivity contribution in [2.24, 2.45) is 4.99 Å². The zero-order chi connectivity index (χ0) is 22.5. The molecule has 0 fully saturated rings. The van der Waals surface area contributed by atoms with Crippen molar-refractivity contribution in [1.82, 2.24) is 9.88 Å². The minimum atomic E-state index is -5.00. The lowest BCUT2D eigenvalue weighted by Gasteiger charge is -2.12. The van der Waals surface area contributed by atoms with E-state index in [1.54, 1.807) is 18.3 Å². The van der Waals surface area contributed by atoms with Crippen molar-refractivity contribution in [3.05, 3.63) is 54.8 Å². The van der Waals surface area contributed by atoms with Crippen molar-refractivity contribution in [1.29, 1.82) is 0 Å². The minimum Gasteiger partial charge on any atom is -0.406 e. The first-order chi connectivity index (χ1) is 13.9. The average molecular weight is 433 g/mol. The number of carbonyl (C=O) groups is 1. The van der Waals surface area contributed by atoms with Crippen LogP contribution in [0.1, 0.15) is 5.69 Å². The van der Waals surface area contributed by atoms with Gasteiger partial charge in [0.2, 0.25) is 0 Å². The van der Waals surface area contributed by atoms with Gasteiger partial charge in [0.1, 0.15) is 11.6 Å². The van der Waals surface area contributed by atoms with Crippen molar-refractivity contribution in [2.45, 2.75) is 19.5 Å². The van der Waals surface area contributed by atoms with Gasteiger partial charge in [0, 0.05) is 23.7 Å². The normalized spacial score (nSPS) is 13.1. The van der Waals surface area contributed by atoms with E-state index >= 15 is 0 Å². The Balaban J connectivity index is 2.37. The molecule has 0 aliphatic carbocycles. The number of nitrogens with zero attached hydrogens (tertiary/aromatic N) is 2. The van der Waals surface area contributed by atoms with Crippen LogP contribution in [0, 0.1) is 6.92 Å². The summed E-state index contributed by atoms with van der Waals surface area (Å²) in [6.07, 6.45) is -5.44. The molecule has 0 saturated heterocycles. The van der Waals surface area contributed by atoms with Crippen LogP contribution in [0.25, 0.3) is 10.9 Å². The standard InChI is InChI=1S/C19H17F6N3O2/c1-3-4-5-16(26-8-9-27-17(29)18(20,21)22)28-12(2)10-13-6-7-14(11-15(13)28)30-19(23,24)25/h3-7,10-11H,1,8-9H2,2H3,(H,27,29)/b5-4-,26-16?. The molecule has 0 aliphatic rings. The largest absolute Gasteiger partial charge is 0.573 e. The number of aryl methyl sites for hydroxylation is 1. The average Bonchev–Trinajstić information content (AvgIpc) is 2.94. The summed E-state index contributed by atoms with van der Waals surface area (Å²) < 4.78 is 79.8. The molecule has 1 N–H and O–H groups in total. The van der Waals surface area contributed by atoms with Gasteiger partial charge < -0.3 is 10.1 Å². The lowest BCUT2D eigenvalue weighted by Crippen LogP contribution is -2.38. The van der Waals surface area contributed by atoms with Gasteiger partial charge in [-0.25, -0.2) is 0 Å². The number of aromatic nitrogens is 1. The summed E-state index contributed by atoms with van der Waals surface area (Å²) in [5.41, 5.74) is 0.960. The molecule has 2 aromatic rings. The van der Waals surface area contributed by atoms with Crippen molar-refractivity contribution in [3.8, 4) is 5.75 Å². The Hall–Kier alpha value is -3.24. The minimum absolute atomic E-state index is 0.198. The summed E-state index contributed by atoms with van der Waals surface area (Å²) in [6.45, 7) is 4.63. The molecule has 30 heavy (non-hydrogen) atoms. The highest BCUT2D eigenvalue weighted by atomic mass is 19.4. The molecule has 0 saturated carbocycles. The maximum absolute atomic E-state index is 12.5. The van der Waals surface area contributed by atoms with Gasteiger partial charge in [0.15, 0.2) is 0 Å². The lowest BCUT2D eigenvalue weighted by molar-refractivity contribution is -0.274. The molecule has 1 amide bonds. The fourth-order valence-electron chi connectivity index (χ4n) is 2.61. The Bertz CT molecular complexity index is 987. The smallest absolute Gasteiger partial charge is 0.406 e. The Morgan fingerprint density at radius 2 is 1.93 bits per heavy atom. The van der Waals surface area contributed by atoms with E-state index in [1.807, 2.05) is 0 Å². The highest BCUT2D eigenvalue weighted by molar-refractivity contribution is 6.02. The Kier molecular flexibility index (Phi) is 6.96. The second-order valence-electron chi connectivity index (χ2n) is 5.98. The van der Waals surface area contributed by atoms with Crippen LogP contribution in [-0.2, 0) is 4.79 Å². The van der Waals surface area contributed by atoms with E-state index in [1.165, 1.54) is 41.0 Å². The number of alkyl halides is 6. The fourth-order valence-corrected chi connectivity index (χ4v) is 2.61. The van der Waals surface area contributed by atoms with Gasteiger partial charge in [-0.2, -0.15) is 13.2 Å². The Labute approximate surface area is 167 Å². The molecule has 0 radical (unpaired) electrons. The molecular formula is C19H17F6N3O2. The summed E-state index contributed by atoms with van der Waals surface area (Å²) in [6, 6.07) is 5.49. The highest BCUT2D eigenvalue weighted by Crippen LogP contribution is 2.28. The third-order valence-corrected chi connectivity index (χ3v) is 3.73. The van der Waals surface area contributed by atoms with E-state index in [9.17, 15) is 31.1 Å². The molecule has 5 nitrogen and oxygen atoms in total. The molecule has 1 heterocycles. The van der Waals surface area contributed by atoms with E-state index in [-0.39, 0.29) is 18.9 Å². The lowest BCUT2D eigenvalue weighted by atomic mass is 10.2. The van der Waals surface area contributed by atoms with Gasteiger partial charge >= 0.3 is 18.4 Å². The van der Waals surface area contributed by atoms with Crippen molar-refractivity contribution in [2.75, 3.05) is 13.1 Å². The summed E-state index contributed by atoms with van der Waals surface area (Å²) in [4.78, 5) is 15.0. The molecule has 11 heteroatoms. The highest BCUT2D eigenvalue weighted by Gasteiger charge is 2.38. The van der Waals surface area contributed by atoms with Crippen LogP contribution >= 0.6 is 0 Å². The van der Waals surface area contributed by atoms with E-state index in [2.05, 4.69) is 16.3 Å². The number of benzene rings is 1. The quantitative estimate of drug-likeness (QED) is 0.240. The predicted octanol–water partition coefficient (Wildman–Crippen LogP) is 4.52. The number of ether oxygens (including phenoxy) is 1. The second-order valence-corrected chi connectivity index (χ2v) is 5.98. The van der Waals surface area contributed by atoms with E-state index in [0.29, 0.717) is 16.6 Å². The van der Waals surface area contributed by atoms with Gasteiger partial charge in [-0.15, -0.1) is 13.2 Å². The molecule has 0 bridgehead atoms. The summed E-state index contributed by atoms with van der Waals surface area (Å²) >= 11 is 0. The van der Waals surface area contributed by atoms with Crippen LogP contribution in [-0.4, -0.2) is 41.9 Å². The number of amides is 1. The molecule has 1 aromatic carbocycles. The number of halogens is 6. The van der Waals surface area contributed by atoms with Crippen LogP contribution < -0.4 is 10.1 Å². The van der Waals surface area contributed by atoms with Crippen LogP contribution in [0.2, 0.25) is 0 Å². The van der Waals surface area contributed by atoms with Crippen molar-refractivity contribution >= 4 is 22.6 Å². The van der Waals surface area contributed by atoms with Gasteiger partial charge in [-0.05, 0) is 31.2 Å². The molecule has 0 unspecified atom stereocenters. The topological polar surface area (TPSA) is 55.6 Å². The number of hydrogen-bond acceptors (Lipinski definition) is 3. The number of hydrogen-bond donors (Lipinski definition) is 1. The van der Waals surface area contributed by atoms with Crippen molar-refractivity contribution < 1.29 is 35.9 Å². The zero-order valence-electron chi connectivity index (χ0n) is 15.6. The van der Waals surface area contributed by atoms with Gasteiger partial charge in [0.05, 0.1) is 12.1 Å². The Morgan fingerprint density at radius 3 is 2.53 bits per heavy atom. The maximum atomic E-state index is 12.5. The number of carbonyl (C=O) groups excluding carboxylic acids is 1. The first kappa shape index (κ1) is 23.0.